The highest BCUT2D eigenvalue weighted by Crippen LogP contribution is 2.27. The van der Waals surface area contributed by atoms with Gasteiger partial charge in [-0.3, -0.25) is 0 Å². The number of aromatic carboxylic acids is 1. The standard InChI is InChI=1S/C15H19BrO4S/c1-3-4-5-6-7-8-21(19,20)14-10-12(15(17)18)9-13(16)11(14)2/h3,9-10H,1,4-8H2,2H3,(H,17,18). The van der Waals surface area contributed by atoms with E-state index in [1.807, 2.05) is 6.08 Å². The highest BCUT2D eigenvalue weighted by Gasteiger charge is 2.20. The lowest BCUT2D eigenvalue weighted by atomic mass is 10.1. The maximum atomic E-state index is 12.4. The summed E-state index contributed by atoms with van der Waals surface area (Å²) in [6.07, 6.45) is 4.97. The lowest BCUT2D eigenvalue weighted by Crippen LogP contribution is -2.11. The van der Waals surface area contributed by atoms with Crippen LogP contribution in [0.2, 0.25) is 0 Å². The molecule has 0 saturated carbocycles. The van der Waals surface area contributed by atoms with Crippen molar-refractivity contribution in [2.75, 3.05) is 5.75 Å². The molecule has 0 aliphatic heterocycles. The monoisotopic (exact) mass is 374 g/mol. The largest absolute Gasteiger partial charge is 0.478 e. The first-order valence-electron chi connectivity index (χ1n) is 6.66. The molecule has 6 heteroatoms. The molecule has 0 saturated heterocycles. The van der Waals surface area contributed by atoms with E-state index in [4.69, 9.17) is 5.11 Å². The molecule has 0 atom stereocenters. The molecule has 21 heavy (non-hydrogen) atoms. The first kappa shape index (κ1) is 17.9. The van der Waals surface area contributed by atoms with Gasteiger partial charge in [-0.05, 0) is 43.9 Å². The van der Waals surface area contributed by atoms with Gasteiger partial charge in [0.25, 0.3) is 0 Å². The number of hydrogen-bond acceptors (Lipinski definition) is 3. The van der Waals surface area contributed by atoms with Crippen LogP contribution in [0.4, 0.5) is 0 Å². The van der Waals surface area contributed by atoms with Gasteiger partial charge in [-0.1, -0.05) is 28.4 Å². The van der Waals surface area contributed by atoms with E-state index in [1.165, 1.54) is 12.1 Å². The van der Waals surface area contributed by atoms with Crippen molar-refractivity contribution in [2.45, 2.75) is 37.5 Å². The van der Waals surface area contributed by atoms with E-state index in [1.54, 1.807) is 6.92 Å². The van der Waals surface area contributed by atoms with E-state index < -0.39 is 15.8 Å². The number of sulfone groups is 1. The third-order valence-corrected chi connectivity index (χ3v) is 5.94. The summed E-state index contributed by atoms with van der Waals surface area (Å²) in [6.45, 7) is 5.29. The van der Waals surface area contributed by atoms with Gasteiger partial charge in [-0.15, -0.1) is 6.58 Å². The Balaban J connectivity index is 2.97. The van der Waals surface area contributed by atoms with Crippen molar-refractivity contribution < 1.29 is 18.3 Å². The van der Waals surface area contributed by atoms with Crippen LogP contribution in [0.3, 0.4) is 0 Å². The van der Waals surface area contributed by atoms with Crippen LogP contribution in [-0.4, -0.2) is 25.2 Å². The molecule has 0 spiro atoms. The number of allylic oxidation sites excluding steroid dienone is 1. The average molecular weight is 375 g/mol. The van der Waals surface area contributed by atoms with E-state index in [2.05, 4.69) is 22.5 Å². The van der Waals surface area contributed by atoms with Crippen LogP contribution >= 0.6 is 15.9 Å². The molecular weight excluding hydrogens is 356 g/mol. The summed E-state index contributed by atoms with van der Waals surface area (Å²) in [7, 11) is -3.48. The highest BCUT2D eigenvalue weighted by molar-refractivity contribution is 9.10. The number of rotatable bonds is 8. The van der Waals surface area contributed by atoms with Crippen LogP contribution in [-0.2, 0) is 9.84 Å². The van der Waals surface area contributed by atoms with Gasteiger partial charge in [-0.25, -0.2) is 13.2 Å². The second-order valence-electron chi connectivity index (χ2n) is 4.84. The minimum Gasteiger partial charge on any atom is -0.478 e. The Hall–Kier alpha value is -1.14. The minimum atomic E-state index is -3.48. The maximum Gasteiger partial charge on any atom is 0.335 e. The van der Waals surface area contributed by atoms with Crippen molar-refractivity contribution >= 4 is 31.7 Å². The van der Waals surface area contributed by atoms with Gasteiger partial charge in [-0.2, -0.15) is 0 Å². The second kappa shape index (κ2) is 7.75. The Labute approximate surface area is 133 Å². The van der Waals surface area contributed by atoms with Crippen molar-refractivity contribution in [1.29, 1.82) is 0 Å². The van der Waals surface area contributed by atoms with Crippen LogP contribution < -0.4 is 0 Å². The third-order valence-electron chi connectivity index (χ3n) is 3.20. The molecule has 1 rings (SSSR count). The molecule has 0 radical (unpaired) electrons. The Morgan fingerprint density at radius 2 is 2.00 bits per heavy atom. The molecule has 0 aliphatic carbocycles. The highest BCUT2D eigenvalue weighted by atomic mass is 79.9. The van der Waals surface area contributed by atoms with Crippen LogP contribution in [0.5, 0.6) is 0 Å². The normalized spacial score (nSPS) is 11.3. The number of hydrogen-bond donors (Lipinski definition) is 1. The fraction of sp³-hybridized carbons (Fsp3) is 0.400. The van der Waals surface area contributed by atoms with Gasteiger partial charge >= 0.3 is 5.97 Å². The van der Waals surface area contributed by atoms with Crippen molar-refractivity contribution in [3.8, 4) is 0 Å². The van der Waals surface area contributed by atoms with Crippen molar-refractivity contribution in [3.63, 3.8) is 0 Å². The van der Waals surface area contributed by atoms with E-state index in [9.17, 15) is 13.2 Å². The average Bonchev–Trinajstić information content (AvgIpc) is 2.40. The van der Waals surface area contributed by atoms with E-state index in [-0.39, 0.29) is 16.2 Å². The zero-order chi connectivity index (χ0) is 16.0. The predicted octanol–water partition coefficient (Wildman–Crippen LogP) is 3.98. The van der Waals surface area contributed by atoms with Crippen LogP contribution in [0.1, 0.15) is 41.6 Å². The van der Waals surface area contributed by atoms with Crippen LogP contribution in [0.15, 0.2) is 34.2 Å². The Kier molecular flexibility index (Phi) is 6.61. The lowest BCUT2D eigenvalue weighted by molar-refractivity contribution is 0.0696. The van der Waals surface area contributed by atoms with E-state index >= 15 is 0 Å². The SMILES string of the molecule is C=CCCCCCS(=O)(=O)c1cc(C(=O)O)cc(Br)c1C. The van der Waals surface area contributed by atoms with Crippen molar-refractivity contribution in [1.82, 2.24) is 0 Å². The smallest absolute Gasteiger partial charge is 0.335 e. The molecule has 0 unspecified atom stereocenters. The summed E-state index contributed by atoms with van der Waals surface area (Å²) in [4.78, 5) is 11.1. The fourth-order valence-electron chi connectivity index (χ4n) is 1.97. The van der Waals surface area contributed by atoms with Gasteiger partial charge in [0, 0.05) is 4.47 Å². The summed E-state index contributed by atoms with van der Waals surface area (Å²) < 4.78 is 25.3. The molecule has 0 amide bonds. The first-order chi connectivity index (χ1) is 9.79. The lowest BCUT2D eigenvalue weighted by Gasteiger charge is -2.10. The minimum absolute atomic E-state index is 0.0283. The summed E-state index contributed by atoms with van der Waals surface area (Å²) in [5, 5.41) is 9.04. The van der Waals surface area contributed by atoms with Gasteiger partial charge < -0.3 is 5.11 Å². The number of carbonyl (C=O) groups is 1. The van der Waals surface area contributed by atoms with E-state index in [0.29, 0.717) is 16.5 Å². The third kappa shape index (κ3) is 4.97. The van der Waals surface area contributed by atoms with Gasteiger partial charge in [0.15, 0.2) is 9.84 Å². The van der Waals surface area contributed by atoms with Crippen LogP contribution in [0.25, 0.3) is 0 Å². The summed E-state index contributed by atoms with van der Waals surface area (Å²) >= 11 is 3.22. The van der Waals surface area contributed by atoms with Crippen molar-refractivity contribution in [3.05, 3.63) is 40.4 Å². The molecule has 1 aromatic rings. The summed E-state index contributed by atoms with van der Waals surface area (Å²) in [5.74, 6) is -1.11. The molecule has 4 nitrogen and oxygen atoms in total. The summed E-state index contributed by atoms with van der Waals surface area (Å²) in [5.41, 5.74) is 0.517. The quantitative estimate of drug-likeness (QED) is 0.551. The topological polar surface area (TPSA) is 71.4 Å². The molecule has 0 heterocycles. The Morgan fingerprint density at radius 3 is 2.57 bits per heavy atom. The molecular formula is C15H19BrO4S. The molecule has 0 aromatic heterocycles. The Morgan fingerprint density at radius 1 is 1.33 bits per heavy atom. The Bertz CT molecular complexity index is 635. The summed E-state index contributed by atoms with van der Waals surface area (Å²) in [6, 6.07) is 2.66. The molecule has 1 N–H and O–H groups in total. The molecule has 0 fully saturated rings. The number of carboxylic acid groups (broad SMARTS) is 1. The van der Waals surface area contributed by atoms with E-state index in [0.717, 1.165) is 19.3 Å². The molecule has 1 aromatic carbocycles. The predicted molar refractivity (Wildman–Crippen MR) is 86.6 cm³/mol. The van der Waals surface area contributed by atoms with Gasteiger partial charge in [0.05, 0.1) is 16.2 Å². The molecule has 0 bridgehead atoms. The molecule has 0 aliphatic rings. The zero-order valence-corrected chi connectivity index (χ0v) is 14.3. The molecule has 116 valence electrons. The second-order valence-corrected chi connectivity index (χ2v) is 7.78. The van der Waals surface area contributed by atoms with Crippen LogP contribution in [0, 0.1) is 6.92 Å². The zero-order valence-electron chi connectivity index (χ0n) is 11.9. The fourth-order valence-corrected chi connectivity index (χ4v) is 4.25. The maximum absolute atomic E-state index is 12.4. The van der Waals surface area contributed by atoms with Gasteiger partial charge in [0.2, 0.25) is 0 Å². The van der Waals surface area contributed by atoms with Crippen molar-refractivity contribution in [2.24, 2.45) is 0 Å². The number of benzene rings is 1. The van der Waals surface area contributed by atoms with Gasteiger partial charge in [0.1, 0.15) is 0 Å². The number of halogens is 1. The number of carboxylic acids is 1. The first-order valence-corrected chi connectivity index (χ1v) is 9.11. The number of unbranched alkanes of at least 4 members (excludes halogenated alkanes) is 3.